The number of urea groups is 1. The summed E-state index contributed by atoms with van der Waals surface area (Å²) < 4.78 is 1.05. The van der Waals surface area contributed by atoms with Gasteiger partial charge in [-0.3, -0.25) is 0 Å². The van der Waals surface area contributed by atoms with Gasteiger partial charge in [-0.25, -0.2) is 4.79 Å². The number of carbonyl (C=O) groups excluding carboxylic acids is 1. The van der Waals surface area contributed by atoms with E-state index in [0.717, 1.165) is 22.3 Å². The van der Waals surface area contributed by atoms with Crippen LogP contribution in [0.5, 0.6) is 0 Å². The molecule has 0 fully saturated rings. The first kappa shape index (κ1) is 12.3. The molecule has 0 saturated carbocycles. The monoisotopic (exact) mass is 318 g/mol. The van der Waals surface area contributed by atoms with E-state index in [1.807, 2.05) is 38.1 Å². The molecule has 2 amide bonds. The number of carbonyl (C=O) groups is 1. The van der Waals surface area contributed by atoms with Crippen molar-refractivity contribution < 1.29 is 4.79 Å². The fourth-order valence-electron chi connectivity index (χ4n) is 1.27. The topological polar surface area (TPSA) is 32.3 Å². The highest BCUT2D eigenvalue weighted by Gasteiger charge is 2.10. The van der Waals surface area contributed by atoms with Crippen molar-refractivity contribution in [3.05, 3.63) is 27.8 Å². The van der Waals surface area contributed by atoms with E-state index in [1.165, 1.54) is 0 Å². The number of nitrogens with one attached hydrogen (secondary N) is 1. The standard InChI is InChI=1S/C11H15IN2O/c1-3-14(4-2)11(15)13-10-8-6-5-7-9(10)12/h5-8H,3-4H2,1-2H3,(H,13,15). The molecule has 82 valence electrons. The molecule has 0 saturated heterocycles. The largest absolute Gasteiger partial charge is 0.325 e. The maximum Gasteiger partial charge on any atom is 0.321 e. The highest BCUT2D eigenvalue weighted by Crippen LogP contribution is 2.17. The highest BCUT2D eigenvalue weighted by molar-refractivity contribution is 14.1. The number of anilines is 1. The highest BCUT2D eigenvalue weighted by atomic mass is 127. The van der Waals surface area contributed by atoms with E-state index in [0.29, 0.717) is 0 Å². The van der Waals surface area contributed by atoms with Crippen molar-refractivity contribution in [3.63, 3.8) is 0 Å². The smallest absolute Gasteiger partial charge is 0.321 e. The summed E-state index contributed by atoms with van der Waals surface area (Å²) in [6.45, 7) is 5.40. The Labute approximate surface area is 104 Å². The van der Waals surface area contributed by atoms with Crippen LogP contribution in [0.1, 0.15) is 13.8 Å². The first-order chi connectivity index (χ1) is 7.19. The van der Waals surface area contributed by atoms with Crippen LogP contribution in [0.3, 0.4) is 0 Å². The first-order valence-electron chi connectivity index (χ1n) is 4.99. The third-order valence-electron chi connectivity index (χ3n) is 2.17. The number of amides is 2. The Kier molecular flexibility index (Phi) is 4.87. The molecule has 0 heterocycles. The zero-order chi connectivity index (χ0) is 11.3. The van der Waals surface area contributed by atoms with E-state index in [1.54, 1.807) is 4.90 Å². The molecular weight excluding hydrogens is 303 g/mol. The number of halogens is 1. The number of hydrogen-bond acceptors (Lipinski definition) is 1. The lowest BCUT2D eigenvalue weighted by Gasteiger charge is -2.19. The van der Waals surface area contributed by atoms with Crippen molar-refractivity contribution in [2.75, 3.05) is 18.4 Å². The molecule has 0 aromatic heterocycles. The molecule has 0 spiro atoms. The van der Waals surface area contributed by atoms with Gasteiger partial charge in [0.2, 0.25) is 0 Å². The van der Waals surface area contributed by atoms with Gasteiger partial charge in [0.25, 0.3) is 0 Å². The molecule has 1 aromatic carbocycles. The predicted molar refractivity (Wildman–Crippen MR) is 71.1 cm³/mol. The minimum Gasteiger partial charge on any atom is -0.325 e. The van der Waals surface area contributed by atoms with Crippen molar-refractivity contribution in [1.29, 1.82) is 0 Å². The number of benzene rings is 1. The summed E-state index contributed by atoms with van der Waals surface area (Å²) in [6.07, 6.45) is 0. The van der Waals surface area contributed by atoms with Gasteiger partial charge < -0.3 is 10.2 Å². The summed E-state index contributed by atoms with van der Waals surface area (Å²) in [7, 11) is 0. The average molecular weight is 318 g/mol. The SMILES string of the molecule is CCN(CC)C(=O)Nc1ccccc1I. The van der Waals surface area contributed by atoms with E-state index < -0.39 is 0 Å². The molecule has 0 aliphatic heterocycles. The molecule has 0 unspecified atom stereocenters. The normalized spacial score (nSPS) is 9.80. The third-order valence-corrected chi connectivity index (χ3v) is 3.11. The van der Waals surface area contributed by atoms with Crippen LogP contribution in [-0.4, -0.2) is 24.0 Å². The summed E-state index contributed by atoms with van der Waals surface area (Å²) in [5.74, 6) is 0. The Balaban J connectivity index is 2.70. The minimum atomic E-state index is -0.0379. The Morgan fingerprint density at radius 2 is 1.93 bits per heavy atom. The quantitative estimate of drug-likeness (QED) is 0.853. The summed E-state index contributed by atoms with van der Waals surface area (Å²) in [5, 5.41) is 2.89. The lowest BCUT2D eigenvalue weighted by molar-refractivity contribution is 0.217. The van der Waals surface area contributed by atoms with Crippen LogP contribution < -0.4 is 5.32 Å². The summed E-state index contributed by atoms with van der Waals surface area (Å²) >= 11 is 2.21. The third kappa shape index (κ3) is 3.37. The fourth-order valence-corrected chi connectivity index (χ4v) is 1.79. The van der Waals surface area contributed by atoms with Crippen LogP contribution in [0.2, 0.25) is 0 Å². The van der Waals surface area contributed by atoms with E-state index >= 15 is 0 Å². The predicted octanol–water partition coefficient (Wildman–Crippen LogP) is 3.16. The first-order valence-corrected chi connectivity index (χ1v) is 6.07. The van der Waals surface area contributed by atoms with Gasteiger partial charge in [0.05, 0.1) is 5.69 Å². The number of hydrogen-bond donors (Lipinski definition) is 1. The van der Waals surface area contributed by atoms with E-state index in [-0.39, 0.29) is 6.03 Å². The Bertz CT molecular complexity index is 337. The van der Waals surface area contributed by atoms with Gasteiger partial charge in [0.1, 0.15) is 0 Å². The lowest BCUT2D eigenvalue weighted by atomic mass is 10.3. The molecule has 4 heteroatoms. The number of para-hydroxylation sites is 1. The summed E-state index contributed by atoms with van der Waals surface area (Å²) in [5.41, 5.74) is 0.870. The minimum absolute atomic E-state index is 0.0379. The Morgan fingerprint density at radius 3 is 2.47 bits per heavy atom. The molecule has 0 aliphatic carbocycles. The molecule has 1 aromatic rings. The van der Waals surface area contributed by atoms with Gasteiger partial charge in [-0.15, -0.1) is 0 Å². The van der Waals surface area contributed by atoms with Gasteiger partial charge in [0.15, 0.2) is 0 Å². The van der Waals surface area contributed by atoms with E-state index in [9.17, 15) is 4.79 Å². The molecule has 0 aliphatic rings. The van der Waals surface area contributed by atoms with Gasteiger partial charge >= 0.3 is 6.03 Å². The lowest BCUT2D eigenvalue weighted by Crippen LogP contribution is -2.34. The van der Waals surface area contributed by atoms with Crippen molar-refractivity contribution in [3.8, 4) is 0 Å². The molecule has 1 N–H and O–H groups in total. The van der Waals surface area contributed by atoms with Crippen molar-refractivity contribution in [2.24, 2.45) is 0 Å². The Hall–Kier alpha value is -0.780. The second-order valence-corrected chi connectivity index (χ2v) is 4.24. The van der Waals surface area contributed by atoms with Crippen LogP contribution in [-0.2, 0) is 0 Å². The van der Waals surface area contributed by atoms with Crippen LogP contribution in [0.25, 0.3) is 0 Å². The van der Waals surface area contributed by atoms with Crippen molar-refractivity contribution >= 4 is 34.3 Å². The van der Waals surface area contributed by atoms with E-state index in [2.05, 4.69) is 27.9 Å². The van der Waals surface area contributed by atoms with Crippen LogP contribution in [0, 0.1) is 3.57 Å². The molecule has 1 rings (SSSR count). The zero-order valence-electron chi connectivity index (χ0n) is 8.96. The van der Waals surface area contributed by atoms with Crippen molar-refractivity contribution in [2.45, 2.75) is 13.8 Å². The maximum atomic E-state index is 11.7. The second kappa shape index (κ2) is 5.95. The van der Waals surface area contributed by atoms with Crippen LogP contribution in [0.4, 0.5) is 10.5 Å². The van der Waals surface area contributed by atoms with Gasteiger partial charge in [-0.1, -0.05) is 12.1 Å². The van der Waals surface area contributed by atoms with Gasteiger partial charge in [-0.05, 0) is 48.6 Å². The van der Waals surface area contributed by atoms with Crippen LogP contribution >= 0.6 is 22.6 Å². The van der Waals surface area contributed by atoms with Gasteiger partial charge in [0, 0.05) is 16.7 Å². The molecule has 3 nitrogen and oxygen atoms in total. The molecular formula is C11H15IN2O. The zero-order valence-corrected chi connectivity index (χ0v) is 11.1. The van der Waals surface area contributed by atoms with Gasteiger partial charge in [-0.2, -0.15) is 0 Å². The molecule has 0 radical (unpaired) electrons. The number of rotatable bonds is 3. The summed E-state index contributed by atoms with van der Waals surface area (Å²) in [4.78, 5) is 13.5. The molecule has 0 atom stereocenters. The van der Waals surface area contributed by atoms with Crippen LogP contribution in [0.15, 0.2) is 24.3 Å². The second-order valence-electron chi connectivity index (χ2n) is 3.08. The van der Waals surface area contributed by atoms with E-state index in [4.69, 9.17) is 0 Å². The fraction of sp³-hybridized carbons (Fsp3) is 0.364. The summed E-state index contributed by atoms with van der Waals surface area (Å²) in [6, 6.07) is 7.71. The molecule has 0 bridgehead atoms. The van der Waals surface area contributed by atoms with Crippen molar-refractivity contribution in [1.82, 2.24) is 4.90 Å². The Morgan fingerprint density at radius 1 is 1.33 bits per heavy atom. The number of nitrogens with zero attached hydrogens (tertiary/aromatic N) is 1. The molecule has 15 heavy (non-hydrogen) atoms. The maximum absolute atomic E-state index is 11.7. The average Bonchev–Trinajstić information content (AvgIpc) is 2.23.